The molecule has 0 N–H and O–H groups in total. The molecule has 0 fully saturated rings. The van der Waals surface area contributed by atoms with Gasteiger partial charge in [-0.25, -0.2) is 4.79 Å². The van der Waals surface area contributed by atoms with Crippen molar-refractivity contribution < 1.29 is 13.9 Å². The van der Waals surface area contributed by atoms with E-state index >= 15 is 0 Å². The Morgan fingerprint density at radius 2 is 2.24 bits per heavy atom. The summed E-state index contributed by atoms with van der Waals surface area (Å²) in [4.78, 5) is 12.2. The Bertz CT molecular complexity index is 535. The number of furan rings is 1. The third-order valence-corrected chi connectivity index (χ3v) is 3.18. The summed E-state index contributed by atoms with van der Waals surface area (Å²) in [6.07, 6.45) is 1.41. The molecule has 0 bridgehead atoms. The topological polar surface area (TPSA) is 39.4 Å². The van der Waals surface area contributed by atoms with Crippen molar-refractivity contribution in [2.75, 3.05) is 7.11 Å². The minimum atomic E-state index is -0.378. The quantitative estimate of drug-likeness (QED) is 0.615. The number of esters is 1. The van der Waals surface area contributed by atoms with Crippen molar-refractivity contribution in [2.45, 2.75) is 6.92 Å². The monoisotopic (exact) mass is 248 g/mol. The Hall–Kier alpha value is -1.81. The zero-order valence-corrected chi connectivity index (χ0v) is 10.4. The smallest absolute Gasteiger partial charge is 0.330 e. The van der Waals surface area contributed by atoms with Crippen molar-refractivity contribution in [1.29, 1.82) is 0 Å². The molecule has 3 nitrogen and oxygen atoms in total. The van der Waals surface area contributed by atoms with Crippen molar-refractivity contribution in [3.8, 4) is 10.6 Å². The number of hydrogen-bond donors (Lipinski definition) is 0. The van der Waals surface area contributed by atoms with Gasteiger partial charge in [-0.05, 0) is 36.1 Å². The van der Waals surface area contributed by atoms with E-state index in [-0.39, 0.29) is 5.97 Å². The molecule has 0 unspecified atom stereocenters. The van der Waals surface area contributed by atoms with E-state index in [1.165, 1.54) is 13.2 Å². The maximum Gasteiger partial charge on any atom is 0.330 e. The van der Waals surface area contributed by atoms with Crippen LogP contribution < -0.4 is 0 Å². The van der Waals surface area contributed by atoms with Crippen LogP contribution in [0.25, 0.3) is 16.2 Å². The van der Waals surface area contributed by atoms with Gasteiger partial charge in [-0.2, -0.15) is 0 Å². The number of rotatable bonds is 3. The van der Waals surface area contributed by atoms with Crippen molar-refractivity contribution >= 4 is 22.9 Å². The maximum absolute atomic E-state index is 11.1. The van der Waals surface area contributed by atoms with Gasteiger partial charge in [0.2, 0.25) is 0 Å². The highest BCUT2D eigenvalue weighted by Crippen LogP contribution is 2.28. The Kier molecular flexibility index (Phi) is 3.44. The molecule has 2 aromatic rings. The molecule has 0 saturated carbocycles. The second-order valence-corrected chi connectivity index (χ2v) is 4.44. The van der Waals surface area contributed by atoms with Crippen LogP contribution in [0.5, 0.6) is 0 Å². The summed E-state index contributed by atoms with van der Waals surface area (Å²) in [5, 5.41) is 1.99. The van der Waals surface area contributed by atoms with Crippen LogP contribution in [0, 0.1) is 0 Å². The lowest BCUT2D eigenvalue weighted by atomic mass is 10.2. The number of hydrogen-bond acceptors (Lipinski definition) is 4. The molecule has 4 heteroatoms. The molecule has 0 amide bonds. The molecule has 0 saturated heterocycles. The van der Waals surface area contributed by atoms with Crippen LogP contribution in [0.2, 0.25) is 0 Å². The fourth-order valence-corrected chi connectivity index (χ4v) is 2.09. The largest absolute Gasteiger partial charge is 0.466 e. The van der Waals surface area contributed by atoms with Crippen molar-refractivity contribution in [2.24, 2.45) is 0 Å². The highest BCUT2D eigenvalue weighted by Gasteiger charge is 2.08. The van der Waals surface area contributed by atoms with Crippen LogP contribution in [-0.2, 0) is 9.53 Å². The van der Waals surface area contributed by atoms with Crippen LogP contribution in [-0.4, -0.2) is 13.1 Å². The molecule has 0 atom stereocenters. The van der Waals surface area contributed by atoms with Crippen molar-refractivity contribution in [3.05, 3.63) is 41.5 Å². The average molecular weight is 248 g/mol. The van der Waals surface area contributed by atoms with Crippen LogP contribution in [0.4, 0.5) is 0 Å². The standard InChI is InChI=1S/C13H12O3S/c1-9(8-13(14)15-2)10-5-6-11(16-10)12-4-3-7-17-12/h3-8H,1-2H3/b9-8+. The van der Waals surface area contributed by atoms with Crippen LogP contribution in [0.3, 0.4) is 0 Å². The van der Waals surface area contributed by atoms with Gasteiger partial charge in [0.05, 0.1) is 12.0 Å². The number of carbonyl (C=O) groups excluding carboxylic acids is 1. The average Bonchev–Trinajstić information content (AvgIpc) is 2.98. The van der Waals surface area contributed by atoms with Gasteiger partial charge in [0.15, 0.2) is 0 Å². The Labute approximate surface area is 103 Å². The fraction of sp³-hybridized carbons (Fsp3) is 0.154. The molecular weight excluding hydrogens is 236 g/mol. The first-order valence-corrected chi connectivity index (χ1v) is 5.99. The lowest BCUT2D eigenvalue weighted by Crippen LogP contribution is -1.95. The number of carbonyl (C=O) groups is 1. The first-order valence-electron chi connectivity index (χ1n) is 5.11. The van der Waals surface area contributed by atoms with Gasteiger partial charge in [-0.3, -0.25) is 0 Å². The van der Waals surface area contributed by atoms with Crippen LogP contribution >= 0.6 is 11.3 Å². The van der Waals surface area contributed by atoms with E-state index in [0.717, 1.165) is 16.2 Å². The van der Waals surface area contributed by atoms with E-state index in [1.54, 1.807) is 11.3 Å². The summed E-state index contributed by atoms with van der Waals surface area (Å²) >= 11 is 1.61. The predicted molar refractivity (Wildman–Crippen MR) is 67.7 cm³/mol. The Balaban J connectivity index is 2.24. The highest BCUT2D eigenvalue weighted by atomic mass is 32.1. The molecule has 0 spiro atoms. The fourth-order valence-electron chi connectivity index (χ4n) is 1.41. The van der Waals surface area contributed by atoms with Gasteiger partial charge < -0.3 is 9.15 Å². The zero-order chi connectivity index (χ0) is 12.3. The summed E-state index contributed by atoms with van der Waals surface area (Å²) in [6, 6.07) is 7.71. The van der Waals surface area contributed by atoms with Gasteiger partial charge in [0, 0.05) is 6.08 Å². The van der Waals surface area contributed by atoms with Crippen molar-refractivity contribution in [3.63, 3.8) is 0 Å². The van der Waals surface area contributed by atoms with E-state index < -0.39 is 0 Å². The SMILES string of the molecule is COC(=O)/C=C(\C)c1ccc(-c2cccs2)o1. The number of ether oxygens (including phenoxy) is 1. The van der Waals surface area contributed by atoms with E-state index in [4.69, 9.17) is 4.42 Å². The summed E-state index contributed by atoms with van der Waals surface area (Å²) in [7, 11) is 1.35. The molecule has 2 rings (SSSR count). The van der Waals surface area contributed by atoms with Crippen molar-refractivity contribution in [1.82, 2.24) is 0 Å². The van der Waals surface area contributed by atoms with E-state index in [9.17, 15) is 4.79 Å². The van der Waals surface area contributed by atoms with Gasteiger partial charge in [0.25, 0.3) is 0 Å². The first kappa shape index (κ1) is 11.7. The number of methoxy groups -OCH3 is 1. The number of thiophene rings is 1. The summed E-state index contributed by atoms with van der Waals surface area (Å²) in [6.45, 7) is 1.81. The Morgan fingerprint density at radius 1 is 1.41 bits per heavy atom. The summed E-state index contributed by atoms with van der Waals surface area (Å²) in [5.74, 6) is 1.11. The van der Waals surface area contributed by atoms with Gasteiger partial charge in [-0.15, -0.1) is 11.3 Å². The molecule has 88 valence electrons. The molecule has 0 aliphatic heterocycles. The first-order chi connectivity index (χ1) is 8.20. The molecule has 0 aliphatic rings. The maximum atomic E-state index is 11.1. The predicted octanol–water partition coefficient (Wildman–Crippen LogP) is 3.58. The third-order valence-electron chi connectivity index (χ3n) is 2.29. The zero-order valence-electron chi connectivity index (χ0n) is 9.60. The molecule has 0 aromatic carbocycles. The molecule has 17 heavy (non-hydrogen) atoms. The normalized spacial score (nSPS) is 11.5. The summed E-state index contributed by atoms with van der Waals surface area (Å²) < 4.78 is 10.2. The second-order valence-electron chi connectivity index (χ2n) is 3.49. The Morgan fingerprint density at radius 3 is 2.88 bits per heavy atom. The highest BCUT2D eigenvalue weighted by molar-refractivity contribution is 7.13. The second kappa shape index (κ2) is 5.01. The van der Waals surface area contributed by atoms with E-state index in [0.29, 0.717) is 5.76 Å². The van der Waals surface area contributed by atoms with E-state index in [2.05, 4.69) is 4.74 Å². The van der Waals surface area contributed by atoms with E-state index in [1.807, 2.05) is 36.6 Å². The molecular formula is C13H12O3S. The molecule has 2 heterocycles. The van der Waals surface area contributed by atoms with Crippen LogP contribution in [0.1, 0.15) is 12.7 Å². The minimum absolute atomic E-state index is 0.378. The van der Waals surface area contributed by atoms with Crippen LogP contribution in [0.15, 0.2) is 40.1 Å². The summed E-state index contributed by atoms with van der Waals surface area (Å²) in [5.41, 5.74) is 0.750. The molecule has 0 aliphatic carbocycles. The molecule has 2 aromatic heterocycles. The lowest BCUT2D eigenvalue weighted by molar-refractivity contribution is -0.134. The lowest BCUT2D eigenvalue weighted by Gasteiger charge is -1.96. The van der Waals surface area contributed by atoms with Gasteiger partial charge in [0.1, 0.15) is 11.5 Å². The number of allylic oxidation sites excluding steroid dienone is 1. The van der Waals surface area contributed by atoms with Gasteiger partial charge >= 0.3 is 5.97 Å². The van der Waals surface area contributed by atoms with Gasteiger partial charge in [-0.1, -0.05) is 6.07 Å². The molecule has 0 radical (unpaired) electrons. The third kappa shape index (κ3) is 2.65. The minimum Gasteiger partial charge on any atom is -0.466 e.